The molecule has 0 aliphatic carbocycles. The number of hydrogen-bond acceptors (Lipinski definition) is 6. The van der Waals surface area contributed by atoms with Gasteiger partial charge in [-0.15, -0.1) is 11.3 Å². The Labute approximate surface area is 156 Å². The van der Waals surface area contributed by atoms with E-state index in [4.69, 9.17) is 4.42 Å². The van der Waals surface area contributed by atoms with Crippen molar-refractivity contribution in [3.05, 3.63) is 59.8 Å². The number of aryl methyl sites for hydroxylation is 1. The molecule has 0 saturated carbocycles. The van der Waals surface area contributed by atoms with Crippen LogP contribution < -0.4 is 5.32 Å². The third-order valence-corrected chi connectivity index (χ3v) is 5.00. The molecule has 1 unspecified atom stereocenters. The highest BCUT2D eigenvalue weighted by Crippen LogP contribution is 2.23. The van der Waals surface area contributed by atoms with Crippen molar-refractivity contribution in [1.29, 1.82) is 0 Å². The monoisotopic (exact) mass is 370 g/mol. The van der Waals surface area contributed by atoms with Crippen LogP contribution in [0.3, 0.4) is 0 Å². The second-order valence-electron chi connectivity index (χ2n) is 6.18. The van der Waals surface area contributed by atoms with E-state index in [2.05, 4.69) is 15.3 Å². The number of amides is 1. The number of hydrogen-bond donors (Lipinski definition) is 1. The number of nitrogens with zero attached hydrogens (tertiary/aromatic N) is 3. The second-order valence-corrected chi connectivity index (χ2v) is 7.04. The van der Waals surface area contributed by atoms with Gasteiger partial charge in [-0.2, -0.15) is 0 Å². The summed E-state index contributed by atoms with van der Waals surface area (Å²) in [5.41, 5.74) is 1.93. The summed E-state index contributed by atoms with van der Waals surface area (Å²) in [7, 11) is 3.93. The van der Waals surface area contributed by atoms with E-state index in [9.17, 15) is 4.79 Å². The average molecular weight is 370 g/mol. The Morgan fingerprint density at radius 1 is 1.35 bits per heavy atom. The van der Waals surface area contributed by atoms with Gasteiger partial charge in [0.1, 0.15) is 10.8 Å². The summed E-state index contributed by atoms with van der Waals surface area (Å²) in [5, 5.41) is 5.92. The van der Waals surface area contributed by atoms with Crippen LogP contribution in [0.4, 0.5) is 0 Å². The Morgan fingerprint density at radius 3 is 2.92 bits per heavy atom. The molecule has 136 valence electrons. The van der Waals surface area contributed by atoms with Crippen LogP contribution in [0.1, 0.15) is 23.9 Å². The fourth-order valence-corrected chi connectivity index (χ4v) is 3.45. The maximum absolute atomic E-state index is 12.2. The number of thiazole rings is 1. The van der Waals surface area contributed by atoms with E-state index in [1.54, 1.807) is 30.0 Å². The number of likely N-dealkylation sites (N-methyl/N-ethyl adjacent to an activating group) is 1. The van der Waals surface area contributed by atoms with E-state index in [-0.39, 0.29) is 11.9 Å². The van der Waals surface area contributed by atoms with Crippen molar-refractivity contribution in [2.24, 2.45) is 0 Å². The molecular formula is C19H22N4O2S. The fourth-order valence-electron chi connectivity index (χ4n) is 2.60. The number of furan rings is 1. The molecule has 1 N–H and O–H groups in total. The van der Waals surface area contributed by atoms with Crippen LogP contribution in [0.5, 0.6) is 0 Å². The van der Waals surface area contributed by atoms with E-state index in [0.29, 0.717) is 19.4 Å². The second kappa shape index (κ2) is 8.73. The van der Waals surface area contributed by atoms with Gasteiger partial charge in [-0.1, -0.05) is 0 Å². The van der Waals surface area contributed by atoms with Crippen molar-refractivity contribution in [3.8, 4) is 10.6 Å². The molecule has 7 heteroatoms. The first-order valence-corrected chi connectivity index (χ1v) is 9.33. The summed E-state index contributed by atoms with van der Waals surface area (Å²) < 4.78 is 5.46. The van der Waals surface area contributed by atoms with Crippen molar-refractivity contribution in [3.63, 3.8) is 0 Å². The van der Waals surface area contributed by atoms with Gasteiger partial charge in [0.25, 0.3) is 0 Å². The van der Waals surface area contributed by atoms with Crippen molar-refractivity contribution in [2.75, 3.05) is 20.6 Å². The van der Waals surface area contributed by atoms with Crippen LogP contribution in [-0.2, 0) is 11.2 Å². The molecule has 1 atom stereocenters. The molecule has 3 aromatic heterocycles. The molecule has 0 aromatic carbocycles. The highest BCUT2D eigenvalue weighted by atomic mass is 32.1. The number of carbonyl (C=O) groups is 1. The largest absolute Gasteiger partial charge is 0.468 e. The van der Waals surface area contributed by atoms with Gasteiger partial charge in [0, 0.05) is 36.3 Å². The molecule has 0 saturated heterocycles. The molecular weight excluding hydrogens is 348 g/mol. The number of aromatic nitrogens is 2. The Morgan fingerprint density at radius 2 is 2.23 bits per heavy atom. The summed E-state index contributed by atoms with van der Waals surface area (Å²) in [5.74, 6) is 0.857. The number of rotatable bonds is 8. The zero-order valence-electron chi connectivity index (χ0n) is 14.9. The minimum atomic E-state index is 0.0133. The predicted molar refractivity (Wildman–Crippen MR) is 102 cm³/mol. The molecule has 3 rings (SSSR count). The minimum absolute atomic E-state index is 0.0133. The maximum Gasteiger partial charge on any atom is 0.220 e. The third kappa shape index (κ3) is 4.77. The highest BCUT2D eigenvalue weighted by Gasteiger charge is 2.17. The number of nitrogens with one attached hydrogen (secondary N) is 1. The van der Waals surface area contributed by atoms with Gasteiger partial charge in [-0.3, -0.25) is 14.7 Å². The summed E-state index contributed by atoms with van der Waals surface area (Å²) in [6.07, 6.45) is 6.22. The summed E-state index contributed by atoms with van der Waals surface area (Å²) in [6, 6.07) is 7.68. The molecule has 6 nitrogen and oxygen atoms in total. The van der Waals surface area contributed by atoms with Crippen molar-refractivity contribution >= 4 is 17.2 Å². The summed E-state index contributed by atoms with van der Waals surface area (Å²) >= 11 is 1.57. The number of pyridine rings is 1. The Balaban J connectivity index is 1.49. The SMILES string of the molecule is CN(C)C(CNC(=O)CCc1csc(-c2cccnc2)n1)c1ccco1. The van der Waals surface area contributed by atoms with E-state index in [1.807, 2.05) is 48.6 Å². The van der Waals surface area contributed by atoms with Gasteiger partial charge in [-0.25, -0.2) is 4.98 Å². The molecule has 0 fully saturated rings. The molecule has 0 radical (unpaired) electrons. The van der Waals surface area contributed by atoms with Gasteiger partial charge < -0.3 is 9.73 Å². The molecule has 0 bridgehead atoms. The van der Waals surface area contributed by atoms with Crippen molar-refractivity contribution < 1.29 is 9.21 Å². The molecule has 1 amide bonds. The first-order valence-electron chi connectivity index (χ1n) is 8.45. The lowest BCUT2D eigenvalue weighted by atomic mass is 10.2. The van der Waals surface area contributed by atoms with Gasteiger partial charge in [0.05, 0.1) is 18.0 Å². The van der Waals surface area contributed by atoms with Crippen LogP contribution >= 0.6 is 11.3 Å². The van der Waals surface area contributed by atoms with Crippen LogP contribution in [-0.4, -0.2) is 41.4 Å². The van der Waals surface area contributed by atoms with Crippen LogP contribution in [0.25, 0.3) is 10.6 Å². The molecule has 3 aromatic rings. The Hall–Kier alpha value is -2.51. The molecule has 0 aliphatic heterocycles. The first-order chi connectivity index (χ1) is 12.6. The smallest absolute Gasteiger partial charge is 0.220 e. The zero-order chi connectivity index (χ0) is 18.4. The van der Waals surface area contributed by atoms with E-state index < -0.39 is 0 Å². The van der Waals surface area contributed by atoms with Crippen LogP contribution in [0.2, 0.25) is 0 Å². The lowest BCUT2D eigenvalue weighted by molar-refractivity contribution is -0.121. The van der Waals surface area contributed by atoms with Crippen LogP contribution in [0, 0.1) is 0 Å². The first kappa shape index (κ1) is 18.3. The van der Waals surface area contributed by atoms with Crippen molar-refractivity contribution in [1.82, 2.24) is 20.2 Å². The van der Waals surface area contributed by atoms with Crippen molar-refractivity contribution in [2.45, 2.75) is 18.9 Å². The van der Waals surface area contributed by atoms with E-state index >= 15 is 0 Å². The standard InChI is InChI=1S/C19H22N4O2S/c1-23(2)16(17-6-4-10-25-17)12-21-18(24)8-7-15-13-26-19(22-15)14-5-3-9-20-11-14/h3-6,9-11,13,16H,7-8,12H2,1-2H3,(H,21,24). The van der Waals surface area contributed by atoms with E-state index in [0.717, 1.165) is 22.0 Å². The predicted octanol–water partition coefficient (Wildman–Crippen LogP) is 3.15. The van der Waals surface area contributed by atoms with Gasteiger partial charge in [-0.05, 0) is 44.8 Å². The molecule has 0 aliphatic rings. The average Bonchev–Trinajstić information content (AvgIpc) is 3.33. The lowest BCUT2D eigenvalue weighted by Crippen LogP contribution is -2.34. The van der Waals surface area contributed by atoms with E-state index in [1.165, 1.54) is 0 Å². The molecule has 26 heavy (non-hydrogen) atoms. The lowest BCUT2D eigenvalue weighted by Gasteiger charge is -2.22. The topological polar surface area (TPSA) is 71.3 Å². The molecule has 3 heterocycles. The molecule has 0 spiro atoms. The fraction of sp³-hybridized carbons (Fsp3) is 0.316. The summed E-state index contributed by atoms with van der Waals surface area (Å²) in [6.45, 7) is 0.511. The zero-order valence-corrected chi connectivity index (χ0v) is 15.7. The maximum atomic E-state index is 12.2. The summed E-state index contributed by atoms with van der Waals surface area (Å²) in [4.78, 5) is 22.9. The van der Waals surface area contributed by atoms with Gasteiger partial charge in [0.15, 0.2) is 0 Å². The Bertz CT molecular complexity index is 815. The van der Waals surface area contributed by atoms with Crippen LogP contribution in [0.15, 0.2) is 52.7 Å². The van der Waals surface area contributed by atoms with Gasteiger partial charge in [0.2, 0.25) is 5.91 Å². The quantitative estimate of drug-likeness (QED) is 0.659. The van der Waals surface area contributed by atoms with Gasteiger partial charge >= 0.3 is 0 Å². The minimum Gasteiger partial charge on any atom is -0.468 e. The number of carbonyl (C=O) groups excluding carboxylic acids is 1. The Kier molecular flexibility index (Phi) is 6.14. The highest BCUT2D eigenvalue weighted by molar-refractivity contribution is 7.13. The third-order valence-electron chi connectivity index (χ3n) is 4.06. The normalized spacial score (nSPS) is 12.3.